The number of aromatic nitrogens is 4. The van der Waals surface area contributed by atoms with Crippen molar-refractivity contribution in [2.45, 2.75) is 26.4 Å². The summed E-state index contributed by atoms with van der Waals surface area (Å²) in [7, 11) is 2.00. The van der Waals surface area contributed by atoms with Gasteiger partial charge < -0.3 is 14.6 Å². The molecule has 0 radical (unpaired) electrons. The molecule has 3 aromatic rings. The number of nitrogens with one attached hydrogen (secondary N) is 1. The molecule has 0 atom stereocenters. The molecule has 1 saturated heterocycles. The van der Waals surface area contributed by atoms with Crippen LogP contribution < -0.4 is 10.5 Å². The highest BCUT2D eigenvalue weighted by Gasteiger charge is 2.26. The van der Waals surface area contributed by atoms with Crippen LogP contribution in [0.1, 0.15) is 22.5 Å². The van der Waals surface area contributed by atoms with Crippen molar-refractivity contribution in [1.29, 1.82) is 0 Å². The molecule has 8 nitrogen and oxygen atoms in total. The summed E-state index contributed by atoms with van der Waals surface area (Å²) in [5.41, 5.74) is 4.68. The first-order valence-electron chi connectivity index (χ1n) is 10.9. The van der Waals surface area contributed by atoms with E-state index in [4.69, 9.17) is 21.3 Å². The number of hydrogen-bond acceptors (Lipinski definition) is 6. The third kappa shape index (κ3) is 4.05. The lowest BCUT2D eigenvalue weighted by molar-refractivity contribution is 0.122. The van der Waals surface area contributed by atoms with E-state index in [-0.39, 0.29) is 5.56 Å². The topological polar surface area (TPSA) is 79.3 Å². The zero-order valence-corrected chi connectivity index (χ0v) is 19.2. The van der Waals surface area contributed by atoms with Crippen LogP contribution in [-0.2, 0) is 31.3 Å². The lowest BCUT2D eigenvalue weighted by Gasteiger charge is -2.32. The molecule has 9 heteroatoms. The van der Waals surface area contributed by atoms with Crippen LogP contribution in [0.3, 0.4) is 0 Å². The average molecular weight is 455 g/mol. The second kappa shape index (κ2) is 8.69. The quantitative estimate of drug-likeness (QED) is 0.652. The first-order valence-corrected chi connectivity index (χ1v) is 11.3. The van der Waals surface area contributed by atoms with Crippen LogP contribution in [0.2, 0.25) is 5.02 Å². The molecule has 0 amide bonds. The van der Waals surface area contributed by atoms with Gasteiger partial charge in [0.05, 0.1) is 30.2 Å². The number of aryl methyl sites for hydroxylation is 2. The van der Waals surface area contributed by atoms with E-state index in [0.717, 1.165) is 74.1 Å². The van der Waals surface area contributed by atoms with Crippen molar-refractivity contribution in [3.8, 4) is 11.4 Å². The normalized spacial score (nSPS) is 16.9. The van der Waals surface area contributed by atoms with Crippen LogP contribution in [0.15, 0.2) is 29.1 Å². The fourth-order valence-electron chi connectivity index (χ4n) is 4.63. The SMILES string of the molecule is Cc1nn(C)c(N2CCOCC2)c1CN1CCc2nc(-c3ccc(Cl)cc3)[nH]c(=O)c2C1. The van der Waals surface area contributed by atoms with E-state index in [1.807, 2.05) is 23.9 Å². The van der Waals surface area contributed by atoms with E-state index < -0.39 is 0 Å². The van der Waals surface area contributed by atoms with Crippen molar-refractivity contribution < 1.29 is 4.74 Å². The van der Waals surface area contributed by atoms with Gasteiger partial charge in [0, 0.05) is 62.3 Å². The highest BCUT2D eigenvalue weighted by atomic mass is 35.5. The average Bonchev–Trinajstić information content (AvgIpc) is 3.07. The van der Waals surface area contributed by atoms with Crippen molar-refractivity contribution >= 4 is 17.4 Å². The molecule has 0 spiro atoms. The molecule has 0 saturated carbocycles. The monoisotopic (exact) mass is 454 g/mol. The van der Waals surface area contributed by atoms with E-state index in [2.05, 4.69) is 26.8 Å². The Morgan fingerprint density at radius 3 is 2.66 bits per heavy atom. The predicted octanol–water partition coefficient (Wildman–Crippen LogP) is 2.53. The smallest absolute Gasteiger partial charge is 0.255 e. The maximum atomic E-state index is 12.9. The van der Waals surface area contributed by atoms with Crippen molar-refractivity contribution in [3.05, 3.63) is 62.2 Å². The molecule has 4 heterocycles. The van der Waals surface area contributed by atoms with Gasteiger partial charge >= 0.3 is 0 Å². The molecule has 2 aromatic heterocycles. The van der Waals surface area contributed by atoms with Gasteiger partial charge in [-0.2, -0.15) is 5.10 Å². The second-order valence-corrected chi connectivity index (χ2v) is 8.85. The van der Waals surface area contributed by atoms with E-state index in [1.54, 1.807) is 12.1 Å². The number of benzene rings is 1. The van der Waals surface area contributed by atoms with E-state index in [1.165, 1.54) is 5.56 Å². The number of rotatable bonds is 4. The summed E-state index contributed by atoms with van der Waals surface area (Å²) in [4.78, 5) is 25.3. The second-order valence-electron chi connectivity index (χ2n) is 8.42. The number of aromatic amines is 1. The molecule has 2 aliphatic rings. The van der Waals surface area contributed by atoms with Gasteiger partial charge in [-0.25, -0.2) is 4.98 Å². The Labute approximate surface area is 191 Å². The van der Waals surface area contributed by atoms with Crippen molar-refractivity contribution in [3.63, 3.8) is 0 Å². The highest BCUT2D eigenvalue weighted by Crippen LogP contribution is 2.28. The zero-order chi connectivity index (χ0) is 22.2. The van der Waals surface area contributed by atoms with Gasteiger partial charge in [-0.05, 0) is 31.2 Å². The van der Waals surface area contributed by atoms with E-state index in [9.17, 15) is 4.79 Å². The fourth-order valence-corrected chi connectivity index (χ4v) is 4.76. The summed E-state index contributed by atoms with van der Waals surface area (Å²) >= 11 is 5.99. The van der Waals surface area contributed by atoms with Crippen molar-refractivity contribution in [1.82, 2.24) is 24.6 Å². The minimum absolute atomic E-state index is 0.0686. The maximum Gasteiger partial charge on any atom is 0.255 e. The van der Waals surface area contributed by atoms with Gasteiger partial charge in [0.25, 0.3) is 5.56 Å². The number of ether oxygens (including phenoxy) is 1. The molecule has 5 rings (SSSR count). The standard InChI is InChI=1S/C23H27ClN6O2/c1-15-18(23(28(2)27-15)30-9-11-32-12-10-30)13-29-8-7-20-19(14-29)22(31)26-21(25-20)16-3-5-17(24)6-4-16/h3-6H,7-14H2,1-2H3,(H,25,26,31). The largest absolute Gasteiger partial charge is 0.378 e. The number of nitrogens with zero attached hydrogens (tertiary/aromatic N) is 5. The van der Waals surface area contributed by atoms with Crippen LogP contribution in [0, 0.1) is 6.92 Å². The van der Waals surface area contributed by atoms with Crippen LogP contribution in [0.4, 0.5) is 5.82 Å². The first-order chi connectivity index (χ1) is 15.5. The molecular formula is C23H27ClN6O2. The first kappa shape index (κ1) is 21.2. The molecule has 0 aliphatic carbocycles. The van der Waals surface area contributed by atoms with Gasteiger partial charge in [0.1, 0.15) is 11.6 Å². The summed E-state index contributed by atoms with van der Waals surface area (Å²) in [5, 5.41) is 5.34. The summed E-state index contributed by atoms with van der Waals surface area (Å²) in [6, 6.07) is 7.36. The van der Waals surface area contributed by atoms with Gasteiger partial charge in [-0.15, -0.1) is 0 Å². The van der Waals surface area contributed by atoms with E-state index >= 15 is 0 Å². The van der Waals surface area contributed by atoms with Crippen LogP contribution in [0.25, 0.3) is 11.4 Å². The number of fused-ring (bicyclic) bond motifs is 1. The van der Waals surface area contributed by atoms with E-state index in [0.29, 0.717) is 17.4 Å². The lowest BCUT2D eigenvalue weighted by Crippen LogP contribution is -2.39. The van der Waals surface area contributed by atoms with Gasteiger partial charge in [0.2, 0.25) is 0 Å². The van der Waals surface area contributed by atoms with Crippen LogP contribution in [-0.4, -0.2) is 57.5 Å². The Morgan fingerprint density at radius 1 is 1.16 bits per heavy atom. The maximum absolute atomic E-state index is 12.9. The van der Waals surface area contributed by atoms with Gasteiger partial charge in [0.15, 0.2) is 0 Å². The lowest BCUT2D eigenvalue weighted by atomic mass is 10.1. The Balaban J connectivity index is 1.39. The summed E-state index contributed by atoms with van der Waals surface area (Å²) in [6.45, 7) is 7.44. The molecule has 1 N–H and O–H groups in total. The predicted molar refractivity (Wildman–Crippen MR) is 124 cm³/mol. The Hall–Kier alpha value is -2.68. The number of H-pyrrole nitrogens is 1. The Kier molecular flexibility index (Phi) is 5.75. The minimum atomic E-state index is -0.0686. The molecule has 1 fully saturated rings. The molecule has 168 valence electrons. The number of morpholine rings is 1. The molecule has 2 aliphatic heterocycles. The van der Waals surface area contributed by atoms with Gasteiger partial charge in [-0.3, -0.25) is 14.4 Å². The molecule has 0 unspecified atom stereocenters. The number of anilines is 1. The summed E-state index contributed by atoms with van der Waals surface area (Å²) in [6.07, 6.45) is 0.742. The van der Waals surface area contributed by atoms with Gasteiger partial charge in [-0.1, -0.05) is 11.6 Å². The summed E-state index contributed by atoms with van der Waals surface area (Å²) in [5.74, 6) is 1.75. The summed E-state index contributed by atoms with van der Waals surface area (Å²) < 4.78 is 7.50. The van der Waals surface area contributed by atoms with Crippen LogP contribution >= 0.6 is 11.6 Å². The molecular weight excluding hydrogens is 428 g/mol. The Bertz CT molecular complexity index is 1180. The molecule has 32 heavy (non-hydrogen) atoms. The van der Waals surface area contributed by atoms with Crippen molar-refractivity contribution in [2.75, 3.05) is 37.7 Å². The van der Waals surface area contributed by atoms with Crippen molar-refractivity contribution in [2.24, 2.45) is 7.05 Å². The van der Waals surface area contributed by atoms with Crippen LogP contribution in [0.5, 0.6) is 0 Å². The minimum Gasteiger partial charge on any atom is -0.378 e. The zero-order valence-electron chi connectivity index (χ0n) is 18.4. The number of halogens is 1. The third-order valence-electron chi connectivity index (χ3n) is 6.27. The molecule has 1 aromatic carbocycles. The highest BCUT2D eigenvalue weighted by molar-refractivity contribution is 6.30. The Morgan fingerprint density at radius 2 is 1.91 bits per heavy atom. The third-order valence-corrected chi connectivity index (χ3v) is 6.52. The fraction of sp³-hybridized carbons (Fsp3) is 0.435. The number of hydrogen-bond donors (Lipinski definition) is 1. The molecule has 0 bridgehead atoms.